The van der Waals surface area contributed by atoms with Gasteiger partial charge in [-0.15, -0.1) is 0 Å². The highest BCUT2D eigenvalue weighted by Gasteiger charge is 2.12. The molecule has 1 amide bonds. The Bertz CT molecular complexity index is 741. The van der Waals surface area contributed by atoms with Crippen molar-refractivity contribution in [2.45, 2.75) is 6.54 Å². The number of nitrogens with zero attached hydrogens (tertiary/aromatic N) is 2. The first-order valence-corrected chi connectivity index (χ1v) is 8.99. The van der Waals surface area contributed by atoms with E-state index >= 15 is 0 Å². The van der Waals surface area contributed by atoms with Crippen LogP contribution in [-0.2, 0) is 16.1 Å². The molecule has 3 rings (SSSR count). The maximum absolute atomic E-state index is 12.0. The van der Waals surface area contributed by atoms with Crippen molar-refractivity contribution in [3.63, 3.8) is 0 Å². The lowest BCUT2D eigenvalue weighted by Crippen LogP contribution is -2.36. The SMILES string of the molecule is O=C(/C=C/c1ccc(Br)cc1)NCc1ccnc(N2CCOCC2)c1. The lowest BCUT2D eigenvalue weighted by atomic mass is 10.2. The molecular weight excluding hydrogens is 382 g/mol. The summed E-state index contributed by atoms with van der Waals surface area (Å²) in [5.74, 6) is 0.813. The van der Waals surface area contributed by atoms with Crippen LogP contribution in [0, 0.1) is 0 Å². The Labute approximate surface area is 155 Å². The Kier molecular flexibility index (Phi) is 6.19. The maximum Gasteiger partial charge on any atom is 0.244 e. The average molecular weight is 402 g/mol. The molecule has 25 heavy (non-hydrogen) atoms. The van der Waals surface area contributed by atoms with Gasteiger partial charge in [-0.05, 0) is 41.5 Å². The second kappa shape index (κ2) is 8.78. The minimum atomic E-state index is -0.118. The zero-order valence-corrected chi connectivity index (χ0v) is 15.4. The molecule has 2 heterocycles. The van der Waals surface area contributed by atoms with Gasteiger partial charge in [0, 0.05) is 36.4 Å². The summed E-state index contributed by atoms with van der Waals surface area (Å²) in [5.41, 5.74) is 2.01. The van der Waals surface area contributed by atoms with Crippen LogP contribution in [0.1, 0.15) is 11.1 Å². The van der Waals surface area contributed by atoms with Crippen molar-refractivity contribution in [1.82, 2.24) is 10.3 Å². The minimum Gasteiger partial charge on any atom is -0.378 e. The van der Waals surface area contributed by atoms with Gasteiger partial charge in [-0.2, -0.15) is 0 Å². The van der Waals surface area contributed by atoms with Gasteiger partial charge in [-0.3, -0.25) is 4.79 Å². The van der Waals surface area contributed by atoms with Gasteiger partial charge in [0.2, 0.25) is 5.91 Å². The van der Waals surface area contributed by atoms with E-state index in [1.165, 1.54) is 0 Å². The molecule has 0 bridgehead atoms. The number of anilines is 1. The Hall–Kier alpha value is -2.18. The Balaban J connectivity index is 1.54. The van der Waals surface area contributed by atoms with E-state index in [1.807, 2.05) is 36.4 Å². The van der Waals surface area contributed by atoms with E-state index in [9.17, 15) is 4.79 Å². The molecule has 5 nitrogen and oxygen atoms in total. The molecule has 0 unspecified atom stereocenters. The summed E-state index contributed by atoms with van der Waals surface area (Å²) in [7, 11) is 0. The normalized spacial score (nSPS) is 14.7. The number of carbonyl (C=O) groups is 1. The second-order valence-electron chi connectivity index (χ2n) is 5.72. The van der Waals surface area contributed by atoms with Crippen molar-refractivity contribution in [3.8, 4) is 0 Å². The first-order valence-electron chi connectivity index (χ1n) is 8.20. The molecular formula is C19H20BrN3O2. The Morgan fingerprint density at radius 1 is 1.24 bits per heavy atom. The third kappa shape index (κ3) is 5.41. The van der Waals surface area contributed by atoms with Gasteiger partial charge in [0.15, 0.2) is 0 Å². The van der Waals surface area contributed by atoms with Gasteiger partial charge in [0.25, 0.3) is 0 Å². The van der Waals surface area contributed by atoms with Gasteiger partial charge in [-0.1, -0.05) is 28.1 Å². The van der Waals surface area contributed by atoms with Crippen LogP contribution in [0.2, 0.25) is 0 Å². The highest BCUT2D eigenvalue weighted by atomic mass is 79.9. The summed E-state index contributed by atoms with van der Waals surface area (Å²) < 4.78 is 6.38. The summed E-state index contributed by atoms with van der Waals surface area (Å²) in [5, 5.41) is 2.90. The van der Waals surface area contributed by atoms with E-state index in [0.29, 0.717) is 6.54 Å². The average Bonchev–Trinajstić information content (AvgIpc) is 2.67. The Morgan fingerprint density at radius 2 is 2.00 bits per heavy atom. The first-order chi connectivity index (χ1) is 12.2. The summed E-state index contributed by atoms with van der Waals surface area (Å²) >= 11 is 3.39. The van der Waals surface area contributed by atoms with Gasteiger partial charge >= 0.3 is 0 Å². The van der Waals surface area contributed by atoms with Crippen LogP contribution in [0.15, 0.2) is 53.1 Å². The van der Waals surface area contributed by atoms with Gasteiger partial charge < -0.3 is 15.0 Å². The number of rotatable bonds is 5. The van der Waals surface area contributed by atoms with Gasteiger partial charge in [0.1, 0.15) is 5.82 Å². The molecule has 1 N–H and O–H groups in total. The number of hydrogen-bond acceptors (Lipinski definition) is 4. The summed E-state index contributed by atoms with van der Waals surface area (Å²) in [6.07, 6.45) is 5.13. The Morgan fingerprint density at radius 3 is 2.76 bits per heavy atom. The molecule has 0 atom stereocenters. The lowest BCUT2D eigenvalue weighted by Gasteiger charge is -2.28. The van der Waals surface area contributed by atoms with Gasteiger partial charge in [-0.25, -0.2) is 4.98 Å². The number of pyridine rings is 1. The fraction of sp³-hybridized carbons (Fsp3) is 0.263. The monoisotopic (exact) mass is 401 g/mol. The van der Waals surface area contributed by atoms with Crippen molar-refractivity contribution in [2.24, 2.45) is 0 Å². The van der Waals surface area contributed by atoms with Crippen molar-refractivity contribution >= 4 is 33.7 Å². The summed E-state index contributed by atoms with van der Waals surface area (Å²) in [6.45, 7) is 3.62. The van der Waals surface area contributed by atoms with Crippen LogP contribution < -0.4 is 10.2 Å². The molecule has 0 radical (unpaired) electrons. The molecule has 1 aliphatic rings. The van der Waals surface area contributed by atoms with E-state index < -0.39 is 0 Å². The van der Waals surface area contributed by atoms with E-state index in [2.05, 4.69) is 31.1 Å². The van der Waals surface area contributed by atoms with Crippen molar-refractivity contribution in [3.05, 3.63) is 64.3 Å². The molecule has 2 aromatic rings. The zero-order valence-electron chi connectivity index (χ0n) is 13.8. The number of amides is 1. The largest absolute Gasteiger partial charge is 0.378 e. The molecule has 130 valence electrons. The number of morpholine rings is 1. The van der Waals surface area contributed by atoms with Crippen molar-refractivity contribution < 1.29 is 9.53 Å². The molecule has 1 aliphatic heterocycles. The number of benzene rings is 1. The summed E-state index contributed by atoms with van der Waals surface area (Å²) in [4.78, 5) is 18.6. The molecule has 1 saturated heterocycles. The molecule has 1 fully saturated rings. The topological polar surface area (TPSA) is 54.5 Å². The maximum atomic E-state index is 12.0. The van der Waals surface area contributed by atoms with Gasteiger partial charge in [0.05, 0.1) is 13.2 Å². The minimum absolute atomic E-state index is 0.118. The second-order valence-corrected chi connectivity index (χ2v) is 6.64. The van der Waals surface area contributed by atoms with E-state index in [1.54, 1.807) is 18.3 Å². The fourth-order valence-electron chi connectivity index (χ4n) is 2.53. The first kappa shape index (κ1) is 17.6. The summed E-state index contributed by atoms with van der Waals surface area (Å²) in [6, 6.07) is 11.7. The van der Waals surface area contributed by atoms with Crippen LogP contribution in [-0.4, -0.2) is 37.2 Å². The van der Waals surface area contributed by atoms with E-state index in [4.69, 9.17) is 4.74 Å². The highest BCUT2D eigenvalue weighted by Crippen LogP contribution is 2.14. The quantitative estimate of drug-likeness (QED) is 0.782. The van der Waals surface area contributed by atoms with Crippen LogP contribution in [0.25, 0.3) is 6.08 Å². The predicted molar refractivity (Wildman–Crippen MR) is 102 cm³/mol. The van der Waals surface area contributed by atoms with Crippen molar-refractivity contribution in [1.29, 1.82) is 0 Å². The number of hydrogen-bond donors (Lipinski definition) is 1. The van der Waals surface area contributed by atoms with Crippen LogP contribution in [0.3, 0.4) is 0 Å². The lowest BCUT2D eigenvalue weighted by molar-refractivity contribution is -0.116. The number of carbonyl (C=O) groups excluding carboxylic acids is 1. The van der Waals surface area contributed by atoms with Crippen LogP contribution >= 0.6 is 15.9 Å². The number of ether oxygens (including phenoxy) is 1. The molecule has 0 saturated carbocycles. The third-order valence-electron chi connectivity index (χ3n) is 3.91. The van der Waals surface area contributed by atoms with E-state index in [-0.39, 0.29) is 5.91 Å². The molecule has 1 aromatic carbocycles. The zero-order chi connectivity index (χ0) is 17.5. The molecule has 1 aromatic heterocycles. The molecule has 6 heteroatoms. The van der Waals surface area contributed by atoms with Crippen molar-refractivity contribution in [2.75, 3.05) is 31.2 Å². The van der Waals surface area contributed by atoms with E-state index in [0.717, 1.165) is 47.7 Å². The smallest absolute Gasteiger partial charge is 0.244 e. The number of aromatic nitrogens is 1. The standard InChI is InChI=1S/C19H20BrN3O2/c20-17-4-1-15(2-5-17)3-6-19(24)22-14-16-7-8-21-18(13-16)23-9-11-25-12-10-23/h1-8,13H,9-12,14H2,(H,22,24)/b6-3+. The highest BCUT2D eigenvalue weighted by molar-refractivity contribution is 9.10. The third-order valence-corrected chi connectivity index (χ3v) is 4.44. The molecule has 0 aliphatic carbocycles. The fourth-order valence-corrected chi connectivity index (χ4v) is 2.79. The molecule has 0 spiro atoms. The predicted octanol–water partition coefficient (Wildman–Crippen LogP) is 3.01. The van der Waals surface area contributed by atoms with Crippen LogP contribution in [0.5, 0.6) is 0 Å². The number of halogens is 1. The number of nitrogens with one attached hydrogen (secondary N) is 1. The van der Waals surface area contributed by atoms with Crippen LogP contribution in [0.4, 0.5) is 5.82 Å².